The van der Waals surface area contributed by atoms with E-state index in [1.807, 2.05) is 54.9 Å². The number of allylic oxidation sites excluding steroid dienone is 8. The van der Waals surface area contributed by atoms with Gasteiger partial charge in [-0.2, -0.15) is 0 Å². The van der Waals surface area contributed by atoms with Crippen LogP contribution in [0.2, 0.25) is 91.7 Å². The van der Waals surface area contributed by atoms with Crippen molar-refractivity contribution in [3.63, 3.8) is 0 Å². The molecule has 143 heavy (non-hydrogen) atoms. The van der Waals surface area contributed by atoms with Gasteiger partial charge >= 0.3 is 0 Å². The van der Waals surface area contributed by atoms with Crippen LogP contribution in [0.15, 0.2) is 323 Å². The predicted octanol–water partition coefficient (Wildman–Crippen LogP) is 22.3. The van der Waals surface area contributed by atoms with E-state index in [0.29, 0.717) is 9.79 Å². The second-order valence-corrected chi connectivity index (χ2v) is 70.2. The zero-order valence-corrected chi connectivity index (χ0v) is 102. The molecule has 750 valence electrons. The minimum Gasteiger partial charge on any atom is -0.512 e. The molecule has 0 unspecified atom stereocenters. The Labute approximate surface area is 905 Å². The van der Waals surface area contributed by atoms with Crippen molar-refractivity contribution >= 4 is 155 Å². The second-order valence-electron chi connectivity index (χ2n) is 40.1. The number of ketones is 4. The fraction of sp³-hybridized carbons (Fsp3) is 0.214. The summed E-state index contributed by atoms with van der Waals surface area (Å²) in [6.07, 6.45) is 12.8. The van der Waals surface area contributed by atoms with Crippen molar-refractivity contribution in [1.82, 2.24) is 19.9 Å². The molecule has 5 aromatic heterocycles. The number of sulfone groups is 1. The fourth-order valence-corrected chi connectivity index (χ4v) is 33.9. The van der Waals surface area contributed by atoms with Crippen molar-refractivity contribution in [1.29, 1.82) is 0 Å². The van der Waals surface area contributed by atoms with Crippen LogP contribution in [0, 0.1) is 45.0 Å². The van der Waals surface area contributed by atoms with Crippen molar-refractivity contribution in [2.24, 2.45) is 0 Å². The number of para-hydroxylation sites is 1. The first-order chi connectivity index (χ1) is 65.3. The van der Waals surface area contributed by atoms with E-state index in [-0.39, 0.29) is 127 Å². The molecule has 15 nitrogen and oxygen atoms in total. The van der Waals surface area contributed by atoms with Crippen molar-refractivity contribution in [3.05, 3.63) is 350 Å². The summed E-state index contributed by atoms with van der Waals surface area (Å²) in [7, 11) is -13.1. The van der Waals surface area contributed by atoms with E-state index in [2.05, 4.69) is 335 Å². The van der Waals surface area contributed by atoms with Gasteiger partial charge in [-0.1, -0.05) is 321 Å². The molecule has 3 aliphatic heterocycles. The summed E-state index contributed by atoms with van der Waals surface area (Å²) in [4.78, 5) is 59.7. The molecule has 0 saturated carbocycles. The number of aliphatic hydroxyl groups excluding tert-OH is 4. The molecule has 4 radical (unpaired) electrons. The molecule has 15 aromatic rings. The maximum absolute atomic E-state index is 12.7. The summed E-state index contributed by atoms with van der Waals surface area (Å²) >= 11 is 0. The van der Waals surface area contributed by atoms with Crippen LogP contribution in [-0.4, -0.2) is 120 Å². The Kier molecular flexibility index (Phi) is 42.0. The minimum atomic E-state index is -3.44. The maximum atomic E-state index is 12.7. The summed E-state index contributed by atoms with van der Waals surface area (Å²) in [5, 5.41) is 50.1. The van der Waals surface area contributed by atoms with Crippen molar-refractivity contribution in [2.75, 3.05) is 0 Å². The zero-order valence-electron chi connectivity index (χ0n) is 85.8. The van der Waals surface area contributed by atoms with Gasteiger partial charge in [-0.25, -0.2) is 8.42 Å². The first kappa shape index (κ1) is 119. The number of nitrogens with zero attached hydrogens (tertiary/aromatic N) is 4. The molecule has 4 N–H and O–H groups in total. The summed E-state index contributed by atoms with van der Waals surface area (Å²) in [5.74, 6) is -0.250. The maximum Gasteiger partial charge on any atom is 0.173 e. The fourth-order valence-electron chi connectivity index (χ4n) is 17.9. The first-order valence-electron chi connectivity index (χ1n) is 46.4. The molecular weight excluding hydrogens is 2610 g/mol. The molecule has 3 aliphatic rings. The largest absolute Gasteiger partial charge is 0.512 e. The van der Waals surface area contributed by atoms with Crippen molar-refractivity contribution in [2.45, 2.75) is 178 Å². The number of aromatic nitrogens is 4. The number of pyridine rings is 4. The van der Waals surface area contributed by atoms with Crippen LogP contribution in [-0.2, 0) is 109 Å². The molecule has 0 fully saturated rings. The van der Waals surface area contributed by atoms with E-state index >= 15 is 0 Å². The third-order valence-electron chi connectivity index (χ3n) is 24.0. The van der Waals surface area contributed by atoms with E-state index in [4.69, 9.17) is 34.8 Å². The molecule has 8 heterocycles. The predicted molar refractivity (Wildman–Crippen MR) is 591 cm³/mol. The number of fused-ring (bicyclic) bond motifs is 12. The molecule has 18 rings (SSSR count). The van der Waals surface area contributed by atoms with Crippen molar-refractivity contribution < 1.29 is 133 Å². The average Bonchev–Trinajstić information content (AvgIpc) is 1.55. The molecule has 0 spiro atoms. The summed E-state index contributed by atoms with van der Waals surface area (Å²) in [6, 6.07) is 96.8. The molecule has 0 amide bonds. The minimum absolute atomic E-state index is 0. The molecule has 10 aromatic carbocycles. The van der Waals surface area contributed by atoms with E-state index in [1.54, 1.807) is 23.4 Å². The van der Waals surface area contributed by atoms with Crippen LogP contribution >= 0.6 is 0 Å². The van der Waals surface area contributed by atoms with Gasteiger partial charge in [0.15, 0.2) is 33.0 Å². The van der Waals surface area contributed by atoms with Crippen LogP contribution in [0.3, 0.4) is 0 Å². The van der Waals surface area contributed by atoms with Crippen molar-refractivity contribution in [3.8, 4) is 78.4 Å². The zero-order chi connectivity index (χ0) is 102. The third kappa shape index (κ3) is 29.2. The quantitative estimate of drug-likeness (QED) is 0.0342. The van der Waals surface area contributed by atoms with Gasteiger partial charge in [0.25, 0.3) is 0 Å². The smallest absolute Gasteiger partial charge is 0.173 e. The van der Waals surface area contributed by atoms with Gasteiger partial charge < -0.3 is 44.8 Å². The third-order valence-corrected chi connectivity index (χ3v) is 42.7. The van der Waals surface area contributed by atoms with Gasteiger partial charge in [-0.15, -0.1) is 105 Å². The van der Waals surface area contributed by atoms with E-state index < -0.39 is 58.3 Å². The number of carbonyl (C=O) groups excluding carboxylic acids is 4. The van der Waals surface area contributed by atoms with E-state index in [1.165, 1.54) is 165 Å². The molecule has 0 atom stereocenters. The first-order valence-corrected chi connectivity index (χ1v) is 66.9. The number of hydrogen-bond donors (Lipinski definition) is 4. The normalized spacial score (nSPS) is 13.0. The summed E-state index contributed by atoms with van der Waals surface area (Å²) in [5.41, 5.74) is 20.6. The number of benzene rings is 10. The number of aliphatic hydroxyl groups is 4. The average molecular weight is 2730 g/mol. The molecule has 0 aliphatic carbocycles. The van der Waals surface area contributed by atoms with Crippen LogP contribution in [0.1, 0.15) is 72.1 Å². The van der Waals surface area contributed by atoms with Gasteiger partial charge in [0.05, 0.1) is 73.9 Å². The summed E-state index contributed by atoms with van der Waals surface area (Å²) in [6.45, 7) is 51.1. The molecule has 26 heteroatoms. The van der Waals surface area contributed by atoms with Gasteiger partial charge in [0.2, 0.25) is 0 Å². The number of carbonyl (C=O) groups is 4. The Bertz CT molecular complexity index is 7240. The monoisotopic (exact) mass is 2730 g/mol. The van der Waals surface area contributed by atoms with Gasteiger partial charge in [-0.05, 0) is 159 Å². The Morgan fingerprint density at radius 1 is 0.336 bits per heavy atom. The van der Waals surface area contributed by atoms with Gasteiger partial charge in [-0.3, -0.25) is 19.2 Å². The Morgan fingerprint density at radius 2 is 0.685 bits per heavy atom. The SMILES string of the molecule is CC(=O)C=C(C)O.CC(=O)C=C(C)O.CC(=O)C=C(C)O.CC(=O)C=C(C)O.C[Si](C)(C)c1ccnc(-c2[c-]cc3oc4ccccc4c3c2)c1.Cc1cc(-c2[c-]cc3c(c2)-c2ccccc2S3(=O)=O)ncc1[Si](C)(C)C.Cc1cc(-c2[c-]cc3c(c2)-c2ccccc2[Si]3(C)C)ncc1[Si](C)(C)C.Cc1cc(-c2[c-]cc3c(c2)-c2ccccc2[Si]3(c2ccccc2)c2ccccc2)ncc1[Si](C)(C)C.[Ir].[Ir].[Ir].[Ir]. The topological polar surface area (TPSA) is 248 Å². The van der Waals surface area contributed by atoms with Crippen LogP contribution < -0.4 is 51.9 Å². The number of rotatable bonds is 14. The van der Waals surface area contributed by atoms with Gasteiger partial charge in [0, 0.05) is 135 Å². The van der Waals surface area contributed by atoms with E-state index in [9.17, 15) is 27.6 Å². The van der Waals surface area contributed by atoms with Gasteiger partial charge in [0.1, 0.15) is 13.7 Å². The van der Waals surface area contributed by atoms with Crippen LogP contribution in [0.25, 0.3) is 100 Å². The number of hydrogen-bond acceptors (Lipinski definition) is 15. The molecular formula is C117H126Ir4N4O11SSi6-4. The Balaban J connectivity index is 0.000000237. The molecule has 0 saturated heterocycles. The Hall–Kier alpha value is -10.7. The van der Waals surface area contributed by atoms with Crippen LogP contribution in [0.5, 0.6) is 0 Å². The van der Waals surface area contributed by atoms with E-state index in [0.717, 1.165) is 78.1 Å². The molecule has 0 bridgehead atoms. The number of aryl methyl sites for hydroxylation is 3. The Morgan fingerprint density at radius 3 is 1.10 bits per heavy atom. The number of furan rings is 1. The summed E-state index contributed by atoms with van der Waals surface area (Å²) < 4.78 is 31.3. The standard InChI is InChI=1S/C33H30NSi2.C23H26NSi2.C21H20NO2SSi.C20H18NOSi.4C5H8O2.4Ir/c1-24-21-30(34-23-33(24)35(2,3)4)25-19-20-32-29(22-25)28-17-11-12-18-31(28)36(32,26-13-7-5-8-14-26)27-15-9-6-10-16-27;1-16-13-20(24-15-23(16)25(2,3)4)17-11-12-22-19(14-17)18-9-7-8-10-21(18)26(22,5)6;1-14-11-18(22-13-21(14)26(2,3)4)15-9-10-20-17(12-15)16-7-5-6-8-19(16)25(20,23)24;1-23(2,3)15-10-11-21-18(13-15)14-8-9-20-17(12-14)16-6-4-5-7-19(16)22-20;4*1-4(6)3-5(2)7;;;;/h5-18,20-23H,1-4H3;7-10,12-15H,1-6H3;5-8,10-13H,1-4H3;4-7,9-13H,1-3H3;4*3,6H,1-2H3;;;;/q4*-1;;;;;;;;. The van der Waals surface area contributed by atoms with Crippen LogP contribution in [0.4, 0.5) is 0 Å². The second kappa shape index (κ2) is 50.4.